The van der Waals surface area contributed by atoms with E-state index in [1.54, 1.807) is 17.3 Å². The predicted octanol–water partition coefficient (Wildman–Crippen LogP) is 5.09. The van der Waals surface area contributed by atoms with Crippen molar-refractivity contribution < 1.29 is 13.9 Å². The number of likely N-dealkylation sites (tertiary alicyclic amines) is 1. The van der Waals surface area contributed by atoms with E-state index in [1.165, 1.54) is 6.07 Å². The fourth-order valence-electron chi connectivity index (χ4n) is 4.51. The van der Waals surface area contributed by atoms with Crippen LogP contribution in [0.1, 0.15) is 63.5 Å². The summed E-state index contributed by atoms with van der Waals surface area (Å²) in [5.41, 5.74) is 2.72. The molecule has 3 heterocycles. The van der Waals surface area contributed by atoms with E-state index >= 15 is 0 Å². The van der Waals surface area contributed by atoms with Crippen molar-refractivity contribution in [3.8, 4) is 11.8 Å². The van der Waals surface area contributed by atoms with Gasteiger partial charge in [0.1, 0.15) is 17.1 Å². The first kappa shape index (κ1) is 23.9. The Bertz CT molecular complexity index is 1440. The van der Waals surface area contributed by atoms with Crippen LogP contribution in [-0.2, 0) is 17.7 Å². The van der Waals surface area contributed by atoms with Crippen LogP contribution in [-0.4, -0.2) is 49.0 Å². The molecular weight excluding hydrogens is 459 g/mol. The van der Waals surface area contributed by atoms with Crippen molar-refractivity contribution in [1.29, 1.82) is 0 Å². The van der Waals surface area contributed by atoms with Gasteiger partial charge in [0.05, 0.1) is 29.5 Å². The van der Waals surface area contributed by atoms with Gasteiger partial charge in [-0.1, -0.05) is 18.8 Å². The number of ether oxygens (including phenoxy) is 1. The minimum atomic E-state index is -0.529. The number of nitrogens with zero attached hydrogens (tertiary/aromatic N) is 6. The van der Waals surface area contributed by atoms with E-state index in [9.17, 15) is 9.18 Å². The number of hydrogen-bond donors (Lipinski definition) is 0. The molecule has 0 bridgehead atoms. The summed E-state index contributed by atoms with van der Waals surface area (Å²) in [5.74, 6) is 5.61. The van der Waals surface area contributed by atoms with Crippen molar-refractivity contribution in [2.24, 2.45) is 5.92 Å². The highest BCUT2D eigenvalue weighted by Gasteiger charge is 2.34. The molecule has 2 fully saturated rings. The number of halogens is 1. The molecule has 186 valence electrons. The first-order valence-corrected chi connectivity index (χ1v) is 12.3. The number of imidazole rings is 1. The van der Waals surface area contributed by atoms with Crippen LogP contribution in [0.3, 0.4) is 0 Å². The number of fused-ring (bicyclic) bond motifs is 1. The first-order valence-electron chi connectivity index (χ1n) is 12.3. The second-order valence-corrected chi connectivity index (χ2v) is 10.5. The zero-order valence-electron chi connectivity index (χ0n) is 21.0. The van der Waals surface area contributed by atoms with Crippen molar-refractivity contribution in [3.63, 3.8) is 0 Å². The Kier molecular flexibility index (Phi) is 5.96. The van der Waals surface area contributed by atoms with Crippen molar-refractivity contribution in [3.05, 3.63) is 52.6 Å². The van der Waals surface area contributed by atoms with Crippen LogP contribution in [0.5, 0.6) is 0 Å². The van der Waals surface area contributed by atoms with Gasteiger partial charge in [-0.05, 0) is 46.1 Å². The Morgan fingerprint density at radius 1 is 1.28 bits per heavy atom. The van der Waals surface area contributed by atoms with Gasteiger partial charge in [0, 0.05) is 43.4 Å². The Labute approximate surface area is 209 Å². The first-order chi connectivity index (χ1) is 17.2. The molecule has 1 saturated carbocycles. The van der Waals surface area contributed by atoms with Crippen molar-refractivity contribution >= 4 is 22.8 Å². The molecule has 3 aromatic rings. The maximum atomic E-state index is 14.9. The molecule has 2 aromatic heterocycles. The summed E-state index contributed by atoms with van der Waals surface area (Å²) >= 11 is 0. The van der Waals surface area contributed by atoms with E-state index in [4.69, 9.17) is 11.3 Å². The molecule has 0 radical (unpaired) electrons. The number of carbonyl (C=O) groups is 1. The molecule has 0 N–H and O–H groups in total. The Morgan fingerprint density at radius 2 is 2.03 bits per heavy atom. The van der Waals surface area contributed by atoms with E-state index in [0.717, 1.165) is 24.1 Å². The lowest BCUT2D eigenvalue weighted by Crippen LogP contribution is -2.52. The van der Waals surface area contributed by atoms with E-state index < -0.39 is 11.4 Å². The minimum Gasteiger partial charge on any atom is -0.444 e. The number of aromatic nitrogens is 4. The van der Waals surface area contributed by atoms with Crippen LogP contribution in [0, 0.1) is 30.1 Å². The van der Waals surface area contributed by atoms with Crippen molar-refractivity contribution in [2.45, 2.75) is 65.1 Å². The average Bonchev–Trinajstić information content (AvgIpc) is 3.45. The Hall–Kier alpha value is -3.85. The van der Waals surface area contributed by atoms with Gasteiger partial charge in [-0.3, -0.25) is 4.68 Å². The monoisotopic (exact) mass is 488 g/mol. The van der Waals surface area contributed by atoms with Gasteiger partial charge in [-0.25, -0.2) is 19.0 Å². The molecule has 36 heavy (non-hydrogen) atoms. The van der Waals surface area contributed by atoms with Gasteiger partial charge in [-0.2, -0.15) is 5.10 Å². The van der Waals surface area contributed by atoms with E-state index in [2.05, 4.69) is 26.8 Å². The summed E-state index contributed by atoms with van der Waals surface area (Å²) in [7, 11) is 0. The highest BCUT2D eigenvalue weighted by atomic mass is 19.1. The maximum Gasteiger partial charge on any atom is 0.410 e. The average molecular weight is 489 g/mol. The fraction of sp³-hybridized carbons (Fsp3) is 0.481. The minimum absolute atomic E-state index is 0.212. The van der Waals surface area contributed by atoms with Gasteiger partial charge in [-0.15, -0.1) is 0 Å². The molecule has 1 amide bonds. The summed E-state index contributed by atoms with van der Waals surface area (Å²) in [6.07, 6.45) is 4.25. The van der Waals surface area contributed by atoms with Gasteiger partial charge >= 0.3 is 6.09 Å². The maximum absolute atomic E-state index is 14.9. The zero-order valence-corrected chi connectivity index (χ0v) is 21.0. The molecule has 9 heteroatoms. The number of carbonyl (C=O) groups excluding carboxylic acids is 1. The number of rotatable bonds is 4. The lowest BCUT2D eigenvalue weighted by molar-refractivity contribution is -0.00394. The van der Waals surface area contributed by atoms with Crippen LogP contribution in [0.2, 0.25) is 0 Å². The highest BCUT2D eigenvalue weighted by Crippen LogP contribution is 2.37. The third kappa shape index (κ3) is 4.66. The molecule has 1 saturated heterocycles. The molecule has 8 nitrogen and oxygen atoms in total. The second-order valence-electron chi connectivity index (χ2n) is 10.5. The lowest BCUT2D eigenvalue weighted by atomic mass is 10.0. The van der Waals surface area contributed by atoms with Gasteiger partial charge in [0.15, 0.2) is 0 Å². The van der Waals surface area contributed by atoms with Gasteiger partial charge in [0.2, 0.25) is 5.69 Å². The molecule has 0 spiro atoms. The third-order valence-corrected chi connectivity index (χ3v) is 6.44. The summed E-state index contributed by atoms with van der Waals surface area (Å²) in [4.78, 5) is 22.0. The van der Waals surface area contributed by atoms with Crippen LogP contribution < -0.4 is 0 Å². The SMILES string of the molecule is [C-]#[N+]c1c(C#Cc2cc3ncn(C4CC4)c3cc2F)nn(CC2CN(C(=O)OC(C)(C)C)C2)c1CC. The van der Waals surface area contributed by atoms with E-state index in [-0.39, 0.29) is 17.6 Å². The van der Waals surface area contributed by atoms with Gasteiger partial charge in [0.25, 0.3) is 0 Å². The number of benzene rings is 1. The van der Waals surface area contributed by atoms with Crippen LogP contribution in [0.4, 0.5) is 14.9 Å². The summed E-state index contributed by atoms with van der Waals surface area (Å²) in [5, 5.41) is 4.60. The number of hydrogen-bond acceptors (Lipinski definition) is 4. The molecule has 0 atom stereocenters. The van der Waals surface area contributed by atoms with Crippen molar-refractivity contribution in [2.75, 3.05) is 13.1 Å². The van der Waals surface area contributed by atoms with E-state index in [0.29, 0.717) is 49.0 Å². The summed E-state index contributed by atoms with van der Waals surface area (Å²) in [6, 6.07) is 3.56. The highest BCUT2D eigenvalue weighted by molar-refractivity contribution is 5.78. The Balaban J connectivity index is 1.34. The standard InChI is InChI=1S/C27H29FN6O2/c1-6-23-25(29-5)21(31-34(23)15-17-13-32(14-17)26(35)36-27(2,3)4)10-7-18-11-22-24(12-20(18)28)33(16-30-22)19-8-9-19/h11-12,16-17,19H,6,8-9,13-15H2,1-4H3. The molecule has 2 aliphatic rings. The van der Waals surface area contributed by atoms with Crippen LogP contribution in [0.25, 0.3) is 15.9 Å². The second kappa shape index (κ2) is 8.98. The molecule has 1 aliphatic carbocycles. The molecule has 1 aliphatic heterocycles. The van der Waals surface area contributed by atoms with Crippen LogP contribution in [0.15, 0.2) is 18.5 Å². The molecule has 5 rings (SSSR count). The fourth-order valence-corrected chi connectivity index (χ4v) is 4.51. The third-order valence-electron chi connectivity index (χ3n) is 6.44. The zero-order chi connectivity index (χ0) is 25.6. The summed E-state index contributed by atoms with van der Waals surface area (Å²) in [6.45, 7) is 16.9. The van der Waals surface area contributed by atoms with E-state index in [1.807, 2.05) is 36.9 Å². The smallest absolute Gasteiger partial charge is 0.410 e. The van der Waals surface area contributed by atoms with Crippen LogP contribution >= 0.6 is 0 Å². The predicted molar refractivity (Wildman–Crippen MR) is 133 cm³/mol. The Morgan fingerprint density at radius 3 is 2.67 bits per heavy atom. The molecule has 0 unspecified atom stereocenters. The quantitative estimate of drug-likeness (QED) is 0.379. The van der Waals surface area contributed by atoms with Crippen molar-refractivity contribution in [1.82, 2.24) is 24.2 Å². The molecular formula is C27H29FN6O2. The summed E-state index contributed by atoms with van der Waals surface area (Å²) < 4.78 is 24.1. The largest absolute Gasteiger partial charge is 0.444 e. The molecule has 1 aromatic carbocycles. The number of amides is 1. The topological polar surface area (TPSA) is 69.5 Å². The van der Waals surface area contributed by atoms with Gasteiger partial charge < -0.3 is 14.2 Å². The normalized spacial score (nSPS) is 15.8. The lowest BCUT2D eigenvalue weighted by Gasteiger charge is -2.39.